The number of rotatable bonds is 2. The first-order valence-electron chi connectivity index (χ1n) is 8.19. The summed E-state index contributed by atoms with van der Waals surface area (Å²) in [5.41, 5.74) is 2.81. The lowest BCUT2D eigenvalue weighted by atomic mass is 9.63. The lowest BCUT2D eigenvalue weighted by Gasteiger charge is -2.37. The van der Waals surface area contributed by atoms with Gasteiger partial charge in [0, 0.05) is 10.6 Å². The Morgan fingerprint density at radius 3 is 2.29 bits per heavy atom. The van der Waals surface area contributed by atoms with E-state index in [0.29, 0.717) is 22.4 Å². The van der Waals surface area contributed by atoms with Crippen LogP contribution in [0.1, 0.15) is 16.8 Å². The van der Waals surface area contributed by atoms with Crippen LogP contribution in [0.25, 0.3) is 0 Å². The van der Waals surface area contributed by atoms with Gasteiger partial charge in [0.05, 0.1) is 11.8 Å². The molecule has 6 heteroatoms. The molecule has 122 valence electrons. The Morgan fingerprint density at radius 2 is 1.71 bits per heavy atom. The molecular formula is C18H15ClN2O3. The van der Waals surface area contributed by atoms with E-state index >= 15 is 0 Å². The third kappa shape index (κ3) is 1.79. The van der Waals surface area contributed by atoms with Crippen LogP contribution in [0.15, 0.2) is 36.4 Å². The molecule has 1 saturated heterocycles. The standard InChI is InChI=1S/C18H15ClN2O3/c19-9-3-1-2-8(6-9)16(22)20-21-17(23)14-10-4-5-11(13-7-12(10)13)15(14)18(21)24/h1-6,10-15H,7H2,(H,20,22)/t10-,11-,12-,13+,14+,15+/m1/s1. The van der Waals surface area contributed by atoms with Crippen LogP contribution in [0.2, 0.25) is 5.02 Å². The molecule has 6 rings (SSSR count). The SMILES string of the molecule is O=C(NN1C(=O)[C@H]2[C@@H]3C=C[C@H]([C@@H]4C[C@H]34)[C@@H]2C1=O)c1cccc(Cl)c1. The summed E-state index contributed by atoms with van der Waals surface area (Å²) in [5.74, 6) is -0.280. The number of hydrogen-bond donors (Lipinski definition) is 1. The van der Waals surface area contributed by atoms with Gasteiger partial charge in [-0.15, -0.1) is 0 Å². The van der Waals surface area contributed by atoms with E-state index < -0.39 is 5.91 Å². The van der Waals surface area contributed by atoms with E-state index in [9.17, 15) is 14.4 Å². The minimum absolute atomic E-state index is 0.148. The number of hydrogen-bond acceptors (Lipinski definition) is 3. The number of carbonyl (C=O) groups excluding carboxylic acids is 3. The van der Waals surface area contributed by atoms with Gasteiger partial charge in [0.1, 0.15) is 0 Å². The molecule has 5 nitrogen and oxygen atoms in total. The van der Waals surface area contributed by atoms with Crippen LogP contribution in [-0.4, -0.2) is 22.7 Å². The van der Waals surface area contributed by atoms with Crippen molar-refractivity contribution in [1.29, 1.82) is 0 Å². The first-order valence-corrected chi connectivity index (χ1v) is 8.57. The van der Waals surface area contributed by atoms with Gasteiger partial charge in [-0.25, -0.2) is 0 Å². The molecule has 2 saturated carbocycles. The minimum Gasteiger partial charge on any atom is -0.272 e. The van der Waals surface area contributed by atoms with Gasteiger partial charge in [-0.3, -0.25) is 19.8 Å². The fourth-order valence-electron chi connectivity index (χ4n) is 4.86. The lowest BCUT2D eigenvalue weighted by molar-refractivity contribution is -0.143. The zero-order valence-corrected chi connectivity index (χ0v) is 13.4. The van der Waals surface area contributed by atoms with Gasteiger partial charge >= 0.3 is 0 Å². The van der Waals surface area contributed by atoms with Gasteiger partial charge in [0.25, 0.3) is 17.7 Å². The molecule has 3 fully saturated rings. The van der Waals surface area contributed by atoms with Gasteiger partial charge in [-0.1, -0.05) is 29.8 Å². The Labute approximate surface area is 143 Å². The summed E-state index contributed by atoms with van der Waals surface area (Å²) < 4.78 is 0. The van der Waals surface area contributed by atoms with Crippen LogP contribution in [-0.2, 0) is 9.59 Å². The molecule has 6 atom stereocenters. The van der Waals surface area contributed by atoms with Crippen LogP contribution in [0, 0.1) is 35.5 Å². The molecular weight excluding hydrogens is 328 g/mol. The maximum absolute atomic E-state index is 12.8. The average Bonchev–Trinajstić information content (AvgIpc) is 3.36. The van der Waals surface area contributed by atoms with Crippen LogP contribution in [0.4, 0.5) is 0 Å². The zero-order valence-electron chi connectivity index (χ0n) is 12.7. The summed E-state index contributed by atoms with van der Waals surface area (Å²) in [7, 11) is 0. The molecule has 4 aliphatic carbocycles. The number of amides is 3. The van der Waals surface area contributed by atoms with Crippen molar-refractivity contribution in [3.63, 3.8) is 0 Å². The van der Waals surface area contributed by atoms with Crippen molar-refractivity contribution >= 4 is 29.3 Å². The van der Waals surface area contributed by atoms with E-state index in [1.54, 1.807) is 18.2 Å². The largest absolute Gasteiger partial charge is 0.272 e. The van der Waals surface area contributed by atoms with E-state index in [2.05, 4.69) is 17.6 Å². The molecule has 3 amide bonds. The van der Waals surface area contributed by atoms with Crippen molar-refractivity contribution in [3.05, 3.63) is 47.0 Å². The second kappa shape index (κ2) is 4.70. The summed E-state index contributed by atoms with van der Waals surface area (Å²) in [5, 5.41) is 1.37. The van der Waals surface area contributed by atoms with E-state index in [4.69, 9.17) is 11.6 Å². The molecule has 24 heavy (non-hydrogen) atoms. The highest BCUT2D eigenvalue weighted by molar-refractivity contribution is 6.31. The Hall–Kier alpha value is -2.14. The third-order valence-corrected chi connectivity index (χ3v) is 6.20. The van der Waals surface area contributed by atoms with Crippen molar-refractivity contribution in [2.24, 2.45) is 35.5 Å². The van der Waals surface area contributed by atoms with Gasteiger partial charge in [-0.2, -0.15) is 5.01 Å². The summed E-state index contributed by atoms with van der Waals surface area (Å²) in [6, 6.07) is 6.42. The molecule has 1 aromatic rings. The monoisotopic (exact) mass is 342 g/mol. The summed E-state index contributed by atoms with van der Waals surface area (Å²) >= 11 is 5.89. The second-order valence-corrected chi connectivity index (χ2v) is 7.55. The highest BCUT2D eigenvalue weighted by Crippen LogP contribution is 2.65. The van der Waals surface area contributed by atoms with Crippen LogP contribution < -0.4 is 5.43 Å². The third-order valence-electron chi connectivity index (χ3n) is 5.96. The summed E-state index contributed by atoms with van der Waals surface area (Å²) in [6.45, 7) is 0. The molecule has 1 aliphatic heterocycles. The molecule has 0 radical (unpaired) electrons. The summed E-state index contributed by atoms with van der Waals surface area (Å²) in [4.78, 5) is 37.9. The molecule has 0 unspecified atom stereocenters. The maximum Gasteiger partial charge on any atom is 0.270 e. The predicted octanol–water partition coefficient (Wildman–Crippen LogP) is 2.04. The van der Waals surface area contributed by atoms with Gasteiger partial charge in [0.2, 0.25) is 0 Å². The first-order chi connectivity index (χ1) is 11.6. The molecule has 2 bridgehead atoms. The predicted molar refractivity (Wildman–Crippen MR) is 85.5 cm³/mol. The fourth-order valence-corrected chi connectivity index (χ4v) is 5.05. The molecule has 1 aromatic carbocycles. The Bertz CT molecular complexity index is 784. The van der Waals surface area contributed by atoms with Crippen molar-refractivity contribution in [1.82, 2.24) is 10.4 Å². The van der Waals surface area contributed by atoms with Gasteiger partial charge in [0.15, 0.2) is 0 Å². The van der Waals surface area contributed by atoms with Crippen molar-refractivity contribution in [3.8, 4) is 0 Å². The summed E-state index contributed by atoms with van der Waals surface area (Å²) in [6.07, 6.45) is 5.33. The highest BCUT2D eigenvalue weighted by atomic mass is 35.5. The van der Waals surface area contributed by atoms with Crippen LogP contribution >= 0.6 is 11.6 Å². The second-order valence-electron chi connectivity index (χ2n) is 7.12. The normalized spacial score (nSPS) is 38.1. The quantitative estimate of drug-likeness (QED) is 0.660. The van der Waals surface area contributed by atoms with Crippen molar-refractivity contribution < 1.29 is 14.4 Å². The Morgan fingerprint density at radius 1 is 1.08 bits per heavy atom. The number of carbonyl (C=O) groups is 3. The molecule has 0 aromatic heterocycles. The highest BCUT2D eigenvalue weighted by Gasteiger charge is 2.67. The van der Waals surface area contributed by atoms with Gasteiger partial charge < -0.3 is 0 Å². The van der Waals surface area contributed by atoms with Crippen LogP contribution in [0.3, 0.4) is 0 Å². The number of allylic oxidation sites excluding steroid dienone is 2. The number of imide groups is 1. The molecule has 1 N–H and O–H groups in total. The number of nitrogens with one attached hydrogen (secondary N) is 1. The Kier molecular flexibility index (Phi) is 2.78. The van der Waals surface area contributed by atoms with Crippen molar-refractivity contribution in [2.45, 2.75) is 6.42 Å². The zero-order chi connectivity index (χ0) is 16.6. The van der Waals surface area contributed by atoms with Crippen molar-refractivity contribution in [2.75, 3.05) is 0 Å². The minimum atomic E-state index is -0.497. The topological polar surface area (TPSA) is 66.5 Å². The number of nitrogens with zero attached hydrogens (tertiary/aromatic N) is 1. The Balaban J connectivity index is 1.41. The van der Waals surface area contributed by atoms with E-state index in [1.165, 1.54) is 6.07 Å². The number of hydrazine groups is 1. The van der Waals surface area contributed by atoms with Gasteiger partial charge in [-0.05, 0) is 48.3 Å². The number of benzene rings is 1. The molecule has 5 aliphatic rings. The van der Waals surface area contributed by atoms with E-state index in [-0.39, 0.29) is 35.5 Å². The smallest absolute Gasteiger partial charge is 0.270 e. The van der Waals surface area contributed by atoms with E-state index in [0.717, 1.165) is 11.4 Å². The lowest BCUT2D eigenvalue weighted by Crippen LogP contribution is -2.46. The first kappa shape index (κ1) is 14.2. The fraction of sp³-hybridized carbons (Fsp3) is 0.389. The number of halogens is 1. The average molecular weight is 343 g/mol. The molecule has 0 spiro atoms. The van der Waals surface area contributed by atoms with E-state index in [1.807, 2.05) is 0 Å². The maximum atomic E-state index is 12.8. The molecule has 1 heterocycles. The van der Waals surface area contributed by atoms with Crippen LogP contribution in [0.5, 0.6) is 0 Å².